The second-order valence-electron chi connectivity index (χ2n) is 3.71. The molecule has 0 saturated carbocycles. The van der Waals surface area contributed by atoms with Crippen molar-refractivity contribution in [2.45, 2.75) is 6.92 Å². The number of carbonyl (C=O) groups is 1. The largest absolute Gasteiger partial charge is 0.321 e. The molecule has 2 heterocycles. The van der Waals surface area contributed by atoms with Gasteiger partial charge in [0.1, 0.15) is 10.3 Å². The Morgan fingerprint density at radius 2 is 1.83 bits per heavy atom. The van der Waals surface area contributed by atoms with Crippen LogP contribution in [0.1, 0.15) is 15.9 Å². The van der Waals surface area contributed by atoms with Crippen molar-refractivity contribution in [3.63, 3.8) is 0 Å². The highest BCUT2D eigenvalue weighted by Gasteiger charge is 2.09. The molecule has 0 unspecified atom stereocenters. The third kappa shape index (κ3) is 3.18. The molecule has 92 valence electrons. The Kier molecular flexibility index (Phi) is 3.79. The van der Waals surface area contributed by atoms with Gasteiger partial charge in [-0.05, 0) is 30.7 Å². The van der Waals surface area contributed by atoms with Gasteiger partial charge >= 0.3 is 0 Å². The molecule has 4 nitrogen and oxygen atoms in total. The molecule has 2 aromatic heterocycles. The van der Waals surface area contributed by atoms with Crippen LogP contribution in [-0.4, -0.2) is 15.9 Å². The first kappa shape index (κ1) is 12.8. The van der Waals surface area contributed by atoms with Crippen LogP contribution < -0.4 is 5.32 Å². The molecule has 0 saturated heterocycles. The highest BCUT2D eigenvalue weighted by atomic mass is 35.5. The highest BCUT2D eigenvalue weighted by molar-refractivity contribution is 6.33. The van der Waals surface area contributed by atoms with Crippen LogP contribution >= 0.6 is 23.2 Å². The first-order chi connectivity index (χ1) is 8.54. The van der Waals surface area contributed by atoms with Crippen molar-refractivity contribution >= 4 is 34.8 Å². The fourth-order valence-electron chi connectivity index (χ4n) is 1.42. The Bertz CT molecular complexity index is 581. The number of aryl methyl sites for hydroxylation is 1. The predicted molar refractivity (Wildman–Crippen MR) is 71.2 cm³/mol. The average molecular weight is 282 g/mol. The molecule has 0 aliphatic rings. The van der Waals surface area contributed by atoms with Gasteiger partial charge in [-0.2, -0.15) is 0 Å². The Hall–Kier alpha value is -1.65. The number of hydrogen-bond acceptors (Lipinski definition) is 3. The van der Waals surface area contributed by atoms with Crippen LogP contribution in [0.3, 0.4) is 0 Å². The maximum Gasteiger partial charge on any atom is 0.255 e. The maximum absolute atomic E-state index is 11.9. The van der Waals surface area contributed by atoms with Gasteiger partial charge in [0.15, 0.2) is 0 Å². The third-order valence-electron chi connectivity index (χ3n) is 2.16. The quantitative estimate of drug-likeness (QED) is 0.859. The van der Waals surface area contributed by atoms with Crippen LogP contribution in [0.25, 0.3) is 0 Å². The molecular formula is C12H9Cl2N3O. The minimum atomic E-state index is -0.311. The van der Waals surface area contributed by atoms with Gasteiger partial charge in [0.2, 0.25) is 0 Å². The van der Waals surface area contributed by atoms with Gasteiger partial charge in [0.25, 0.3) is 5.91 Å². The number of pyridine rings is 2. The van der Waals surface area contributed by atoms with Crippen molar-refractivity contribution in [1.82, 2.24) is 9.97 Å². The first-order valence-electron chi connectivity index (χ1n) is 5.11. The number of carbonyl (C=O) groups excluding carboxylic acids is 1. The Labute approximate surface area is 114 Å². The van der Waals surface area contributed by atoms with Crippen molar-refractivity contribution in [3.05, 3.63) is 52.0 Å². The predicted octanol–water partition coefficient (Wildman–Crippen LogP) is 3.34. The van der Waals surface area contributed by atoms with Crippen LogP contribution in [0.15, 0.2) is 30.6 Å². The van der Waals surface area contributed by atoms with Crippen LogP contribution in [-0.2, 0) is 0 Å². The fourth-order valence-corrected chi connectivity index (χ4v) is 1.88. The monoisotopic (exact) mass is 281 g/mol. The van der Waals surface area contributed by atoms with Crippen LogP contribution in [0.2, 0.25) is 10.3 Å². The Balaban J connectivity index is 2.22. The summed E-state index contributed by atoms with van der Waals surface area (Å²) in [5, 5.41) is 3.06. The summed E-state index contributed by atoms with van der Waals surface area (Å²) in [5.74, 6) is -0.311. The molecule has 0 spiro atoms. The van der Waals surface area contributed by atoms with Gasteiger partial charge in [-0.25, -0.2) is 4.98 Å². The SMILES string of the molecule is Cc1cncc(NC(=O)c2cc(Cl)nc(Cl)c2)c1. The highest BCUT2D eigenvalue weighted by Crippen LogP contribution is 2.16. The Morgan fingerprint density at radius 1 is 1.17 bits per heavy atom. The summed E-state index contributed by atoms with van der Waals surface area (Å²) in [4.78, 5) is 19.7. The molecule has 2 aromatic rings. The molecule has 0 aromatic carbocycles. The maximum atomic E-state index is 11.9. The number of amides is 1. The van der Waals surface area contributed by atoms with E-state index in [-0.39, 0.29) is 16.2 Å². The molecule has 0 atom stereocenters. The van der Waals surface area contributed by atoms with Gasteiger partial charge < -0.3 is 5.32 Å². The number of nitrogens with one attached hydrogen (secondary N) is 1. The molecule has 1 amide bonds. The summed E-state index contributed by atoms with van der Waals surface area (Å²) < 4.78 is 0. The molecule has 0 bridgehead atoms. The van der Waals surface area contributed by atoms with Crippen LogP contribution in [0.4, 0.5) is 5.69 Å². The summed E-state index contributed by atoms with van der Waals surface area (Å²) in [6, 6.07) is 4.72. The second kappa shape index (κ2) is 5.33. The lowest BCUT2D eigenvalue weighted by molar-refractivity contribution is 0.102. The number of hydrogen-bond donors (Lipinski definition) is 1. The number of anilines is 1. The van der Waals surface area contributed by atoms with E-state index in [9.17, 15) is 4.79 Å². The lowest BCUT2D eigenvalue weighted by Crippen LogP contribution is -2.12. The molecule has 0 aliphatic heterocycles. The van der Waals surface area contributed by atoms with Crippen LogP contribution in [0.5, 0.6) is 0 Å². The molecule has 1 N–H and O–H groups in total. The van der Waals surface area contributed by atoms with Gasteiger partial charge in [-0.3, -0.25) is 9.78 Å². The molecule has 18 heavy (non-hydrogen) atoms. The van der Waals surface area contributed by atoms with Crippen molar-refractivity contribution in [1.29, 1.82) is 0 Å². The molecule has 0 fully saturated rings. The zero-order valence-electron chi connectivity index (χ0n) is 9.45. The molecule has 0 radical (unpaired) electrons. The van der Waals surface area contributed by atoms with Gasteiger partial charge in [0.05, 0.1) is 11.9 Å². The van der Waals surface area contributed by atoms with E-state index in [1.807, 2.05) is 13.0 Å². The minimum Gasteiger partial charge on any atom is -0.321 e. The van der Waals surface area contributed by atoms with Gasteiger partial charge in [0, 0.05) is 11.8 Å². The van der Waals surface area contributed by atoms with Gasteiger partial charge in [-0.1, -0.05) is 23.2 Å². The van der Waals surface area contributed by atoms with E-state index in [4.69, 9.17) is 23.2 Å². The number of nitrogens with zero attached hydrogens (tertiary/aromatic N) is 2. The van der Waals surface area contributed by atoms with E-state index in [0.29, 0.717) is 11.3 Å². The average Bonchev–Trinajstić information content (AvgIpc) is 2.27. The van der Waals surface area contributed by atoms with Crippen molar-refractivity contribution in [2.24, 2.45) is 0 Å². The standard InChI is InChI=1S/C12H9Cl2N3O/c1-7-2-9(6-15-5-7)16-12(18)8-3-10(13)17-11(14)4-8/h2-6H,1H3,(H,16,18). The normalized spacial score (nSPS) is 10.2. The van der Waals surface area contributed by atoms with E-state index in [1.165, 1.54) is 12.1 Å². The number of aromatic nitrogens is 2. The van der Waals surface area contributed by atoms with E-state index >= 15 is 0 Å². The van der Waals surface area contributed by atoms with Crippen molar-refractivity contribution in [3.8, 4) is 0 Å². The zero-order valence-corrected chi connectivity index (χ0v) is 11.0. The molecule has 2 rings (SSSR count). The number of rotatable bonds is 2. The lowest BCUT2D eigenvalue weighted by atomic mass is 10.2. The Morgan fingerprint density at radius 3 is 2.44 bits per heavy atom. The van der Waals surface area contributed by atoms with E-state index < -0.39 is 0 Å². The number of halogens is 2. The zero-order chi connectivity index (χ0) is 13.1. The van der Waals surface area contributed by atoms with Gasteiger partial charge in [-0.15, -0.1) is 0 Å². The first-order valence-corrected chi connectivity index (χ1v) is 5.86. The molecule has 0 aliphatic carbocycles. The summed E-state index contributed by atoms with van der Waals surface area (Å²) in [6.45, 7) is 1.89. The van der Waals surface area contributed by atoms with Crippen molar-refractivity contribution < 1.29 is 4.79 Å². The summed E-state index contributed by atoms with van der Waals surface area (Å²) in [5.41, 5.74) is 1.92. The molecule has 6 heteroatoms. The minimum absolute atomic E-state index is 0.176. The van der Waals surface area contributed by atoms with Crippen LogP contribution in [0, 0.1) is 6.92 Å². The van der Waals surface area contributed by atoms with Crippen molar-refractivity contribution in [2.75, 3.05) is 5.32 Å². The smallest absolute Gasteiger partial charge is 0.255 e. The molecular weight excluding hydrogens is 273 g/mol. The van der Waals surface area contributed by atoms with E-state index in [0.717, 1.165) is 5.56 Å². The summed E-state index contributed by atoms with van der Waals surface area (Å²) in [6.07, 6.45) is 3.27. The second-order valence-corrected chi connectivity index (χ2v) is 4.48. The summed E-state index contributed by atoms with van der Waals surface area (Å²) >= 11 is 11.5. The fraction of sp³-hybridized carbons (Fsp3) is 0.0833. The summed E-state index contributed by atoms with van der Waals surface area (Å²) in [7, 11) is 0. The topological polar surface area (TPSA) is 54.9 Å². The van der Waals surface area contributed by atoms with E-state index in [2.05, 4.69) is 15.3 Å². The van der Waals surface area contributed by atoms with E-state index in [1.54, 1.807) is 12.4 Å². The third-order valence-corrected chi connectivity index (χ3v) is 2.55. The lowest BCUT2D eigenvalue weighted by Gasteiger charge is -2.06.